The standard InChI is InChI=1S/C29H24O11S/c1-18-8-11-26(27(12-18)28(31)32)29(33)38-22-4-3-7-25(15-22)41(35)40-24-6-2-5-23(14-24)39-37-17-19-9-10-21(30)13-20(19)16-36-34/h2-15,30,34H,16-17H2,1H3,(H,31,32). The molecule has 212 valence electrons. The molecule has 0 aromatic heterocycles. The van der Waals surface area contributed by atoms with Crippen LogP contribution in [0.5, 0.6) is 23.0 Å². The minimum absolute atomic E-state index is 0.00172. The molecule has 12 heteroatoms. The molecule has 0 heterocycles. The molecule has 0 amide bonds. The molecule has 0 saturated carbocycles. The first-order valence-corrected chi connectivity index (χ1v) is 13.0. The molecule has 0 aliphatic rings. The fraction of sp³-hybridized carbons (Fsp3) is 0.103. The van der Waals surface area contributed by atoms with Crippen molar-refractivity contribution >= 4 is 23.0 Å². The average molecular weight is 581 g/mol. The number of phenols is 1. The number of rotatable bonds is 12. The van der Waals surface area contributed by atoms with E-state index in [1.165, 1.54) is 54.6 Å². The highest BCUT2D eigenvalue weighted by molar-refractivity contribution is 7.80. The van der Waals surface area contributed by atoms with Crippen LogP contribution in [0.2, 0.25) is 0 Å². The number of esters is 1. The fourth-order valence-corrected chi connectivity index (χ4v) is 4.42. The minimum atomic E-state index is -2.01. The number of phenolic OH excluding ortho intramolecular Hbond substituents is 1. The maximum Gasteiger partial charge on any atom is 0.344 e. The number of aromatic hydroxyl groups is 1. The summed E-state index contributed by atoms with van der Waals surface area (Å²) in [6.45, 7) is 1.52. The summed E-state index contributed by atoms with van der Waals surface area (Å²) in [6, 6.07) is 20.8. The van der Waals surface area contributed by atoms with Gasteiger partial charge in [-0.25, -0.2) is 18.7 Å². The van der Waals surface area contributed by atoms with Crippen molar-refractivity contribution in [2.24, 2.45) is 0 Å². The number of benzene rings is 4. The second kappa shape index (κ2) is 13.5. The van der Waals surface area contributed by atoms with Crippen molar-refractivity contribution in [1.29, 1.82) is 0 Å². The first-order valence-electron chi connectivity index (χ1n) is 12.0. The quantitative estimate of drug-likeness (QED) is 0.0873. The molecule has 0 bridgehead atoms. The van der Waals surface area contributed by atoms with Gasteiger partial charge in [0.05, 0.1) is 16.0 Å². The molecule has 3 N–H and O–H groups in total. The number of carbonyl (C=O) groups is 2. The number of hydrogen-bond donors (Lipinski definition) is 3. The van der Waals surface area contributed by atoms with Crippen molar-refractivity contribution in [2.75, 3.05) is 0 Å². The summed E-state index contributed by atoms with van der Waals surface area (Å²) in [5, 5.41) is 27.7. The van der Waals surface area contributed by atoms with Crippen LogP contribution in [-0.4, -0.2) is 31.6 Å². The Morgan fingerprint density at radius 1 is 0.805 bits per heavy atom. The van der Waals surface area contributed by atoms with E-state index in [2.05, 4.69) is 4.89 Å². The molecule has 0 aliphatic heterocycles. The molecule has 0 spiro atoms. The van der Waals surface area contributed by atoms with E-state index in [0.29, 0.717) is 16.7 Å². The Morgan fingerprint density at radius 2 is 1.56 bits per heavy atom. The van der Waals surface area contributed by atoms with E-state index in [4.69, 9.17) is 24.0 Å². The summed E-state index contributed by atoms with van der Waals surface area (Å²) < 4.78 is 23.7. The Hall–Kier alpha value is -4.75. The zero-order chi connectivity index (χ0) is 29.4. The number of carbonyl (C=O) groups excluding carboxylic acids is 1. The van der Waals surface area contributed by atoms with E-state index < -0.39 is 23.0 Å². The molecule has 0 fully saturated rings. The summed E-state index contributed by atoms with van der Waals surface area (Å²) in [4.78, 5) is 39.1. The highest BCUT2D eigenvalue weighted by Gasteiger charge is 2.19. The molecule has 0 saturated heterocycles. The van der Waals surface area contributed by atoms with E-state index >= 15 is 0 Å². The molecular formula is C29H24O11S. The van der Waals surface area contributed by atoms with Gasteiger partial charge in [0.15, 0.2) is 5.75 Å². The minimum Gasteiger partial charge on any atom is -0.508 e. The van der Waals surface area contributed by atoms with Crippen LogP contribution < -0.4 is 13.8 Å². The van der Waals surface area contributed by atoms with Gasteiger partial charge >= 0.3 is 11.9 Å². The lowest BCUT2D eigenvalue weighted by Crippen LogP contribution is -2.14. The largest absolute Gasteiger partial charge is 0.508 e. The van der Waals surface area contributed by atoms with Gasteiger partial charge in [-0.3, -0.25) is 5.26 Å². The maximum absolute atomic E-state index is 12.9. The molecule has 0 aliphatic carbocycles. The van der Waals surface area contributed by atoms with Crippen molar-refractivity contribution in [3.63, 3.8) is 0 Å². The average Bonchev–Trinajstić information content (AvgIpc) is 2.94. The third-order valence-corrected chi connectivity index (χ3v) is 6.57. The Bertz CT molecular complexity index is 1590. The van der Waals surface area contributed by atoms with Crippen LogP contribution in [0, 0.1) is 6.92 Å². The molecule has 4 aromatic rings. The van der Waals surface area contributed by atoms with Crippen molar-refractivity contribution in [1.82, 2.24) is 0 Å². The van der Waals surface area contributed by atoms with Crippen LogP contribution in [0.15, 0.2) is 89.8 Å². The third-order valence-electron chi connectivity index (χ3n) is 5.59. The summed E-state index contributed by atoms with van der Waals surface area (Å²) >= 11 is -2.01. The summed E-state index contributed by atoms with van der Waals surface area (Å²) in [5.74, 6) is -1.65. The second-order valence-corrected chi connectivity index (χ2v) is 9.69. The predicted octanol–water partition coefficient (Wildman–Crippen LogP) is 5.22. The maximum atomic E-state index is 12.9. The van der Waals surface area contributed by atoms with Crippen LogP contribution in [0.3, 0.4) is 0 Å². The summed E-state index contributed by atoms with van der Waals surface area (Å²) in [6.07, 6.45) is 0. The predicted molar refractivity (Wildman–Crippen MR) is 144 cm³/mol. The Labute approximate surface area is 236 Å². The molecule has 0 radical (unpaired) electrons. The van der Waals surface area contributed by atoms with Gasteiger partial charge in [-0.2, -0.15) is 4.89 Å². The van der Waals surface area contributed by atoms with E-state index in [1.54, 1.807) is 37.3 Å². The summed E-state index contributed by atoms with van der Waals surface area (Å²) in [5.41, 5.74) is 1.47. The van der Waals surface area contributed by atoms with Gasteiger partial charge in [-0.05, 0) is 66.6 Å². The number of ether oxygens (including phenoxy) is 1. The van der Waals surface area contributed by atoms with Crippen molar-refractivity contribution < 1.29 is 52.9 Å². The SMILES string of the molecule is Cc1ccc(C(=O)Oc2cccc(S(=O)Oc3cccc(OOCc4ccc(O)cc4COO)c3)c2)c(C(=O)O)c1. The van der Waals surface area contributed by atoms with Crippen LogP contribution in [0.25, 0.3) is 0 Å². The van der Waals surface area contributed by atoms with E-state index in [9.17, 15) is 24.0 Å². The molecule has 4 aromatic carbocycles. The number of carboxylic acid groups (broad SMARTS) is 1. The van der Waals surface area contributed by atoms with Crippen LogP contribution in [-0.2, 0) is 34.1 Å². The van der Waals surface area contributed by atoms with Gasteiger partial charge in [0.1, 0.15) is 30.5 Å². The lowest BCUT2D eigenvalue weighted by molar-refractivity contribution is -0.253. The van der Waals surface area contributed by atoms with Gasteiger partial charge in [0, 0.05) is 12.1 Å². The van der Waals surface area contributed by atoms with E-state index in [0.717, 1.165) is 0 Å². The van der Waals surface area contributed by atoms with Gasteiger partial charge in [-0.1, -0.05) is 29.8 Å². The first kappa shape index (κ1) is 29.2. The van der Waals surface area contributed by atoms with Crippen LogP contribution in [0.1, 0.15) is 37.4 Å². The fourth-order valence-electron chi connectivity index (χ4n) is 3.65. The molecule has 1 atom stereocenters. The Kier molecular flexibility index (Phi) is 9.66. The van der Waals surface area contributed by atoms with E-state index in [-0.39, 0.29) is 52.2 Å². The van der Waals surface area contributed by atoms with Gasteiger partial charge < -0.3 is 24.0 Å². The molecule has 11 nitrogen and oxygen atoms in total. The summed E-state index contributed by atoms with van der Waals surface area (Å²) in [7, 11) is 0. The number of aromatic carboxylic acids is 1. The van der Waals surface area contributed by atoms with Crippen LogP contribution in [0.4, 0.5) is 0 Å². The monoisotopic (exact) mass is 580 g/mol. The molecular weight excluding hydrogens is 556 g/mol. The molecule has 41 heavy (non-hydrogen) atoms. The normalized spacial score (nSPS) is 11.5. The topological polar surface area (TPSA) is 158 Å². The Balaban J connectivity index is 1.38. The van der Waals surface area contributed by atoms with Gasteiger partial charge in [-0.15, -0.1) is 0 Å². The van der Waals surface area contributed by atoms with Crippen molar-refractivity contribution in [3.05, 3.63) is 113 Å². The van der Waals surface area contributed by atoms with Crippen LogP contribution >= 0.6 is 0 Å². The lowest BCUT2D eigenvalue weighted by Gasteiger charge is -2.11. The number of hydrogen-bond acceptors (Lipinski definition) is 10. The second-order valence-electron chi connectivity index (χ2n) is 8.58. The number of aryl methyl sites for hydroxylation is 1. The van der Waals surface area contributed by atoms with E-state index in [1.807, 2.05) is 0 Å². The van der Waals surface area contributed by atoms with Crippen molar-refractivity contribution in [3.8, 4) is 23.0 Å². The lowest BCUT2D eigenvalue weighted by atomic mass is 10.0. The van der Waals surface area contributed by atoms with Crippen molar-refractivity contribution in [2.45, 2.75) is 25.0 Å². The highest BCUT2D eigenvalue weighted by Crippen LogP contribution is 2.25. The Morgan fingerprint density at radius 3 is 2.34 bits per heavy atom. The van der Waals surface area contributed by atoms with Gasteiger partial charge in [0.25, 0.3) is 0 Å². The number of carboxylic acids is 1. The zero-order valence-electron chi connectivity index (χ0n) is 21.5. The molecule has 4 rings (SSSR count). The smallest absolute Gasteiger partial charge is 0.344 e. The zero-order valence-corrected chi connectivity index (χ0v) is 22.3. The highest BCUT2D eigenvalue weighted by atomic mass is 32.2. The molecule has 1 unspecified atom stereocenters. The van der Waals surface area contributed by atoms with Gasteiger partial charge in [0.2, 0.25) is 11.1 Å². The first-order chi connectivity index (χ1) is 19.7. The third kappa shape index (κ3) is 7.90.